The molecule has 2 aromatic rings. The Kier molecular flexibility index (Phi) is 8.72. The zero-order valence-electron chi connectivity index (χ0n) is 16.3. The van der Waals surface area contributed by atoms with Gasteiger partial charge in [0.25, 0.3) is 0 Å². The minimum Gasteiger partial charge on any atom is -0.378 e. The highest BCUT2D eigenvalue weighted by molar-refractivity contribution is 7.80. The predicted molar refractivity (Wildman–Crippen MR) is 117 cm³/mol. The maximum atomic E-state index is 4.29. The van der Waals surface area contributed by atoms with Crippen molar-refractivity contribution in [2.75, 3.05) is 44.9 Å². The molecule has 0 spiro atoms. The average Bonchev–Trinajstić information content (AvgIpc) is 2.65. The van der Waals surface area contributed by atoms with E-state index in [9.17, 15) is 0 Å². The summed E-state index contributed by atoms with van der Waals surface area (Å²) >= 11 is 4.29. The van der Waals surface area contributed by atoms with Gasteiger partial charge in [0, 0.05) is 56.7 Å². The second-order valence-electron chi connectivity index (χ2n) is 6.87. The van der Waals surface area contributed by atoms with Crippen LogP contribution < -0.4 is 9.47 Å². The molecule has 0 unspecified atom stereocenters. The smallest absolute Gasteiger partial charge is 0.205 e. The number of pyridine rings is 1. The Balaban J connectivity index is 1.93. The van der Waals surface area contributed by atoms with Crippen molar-refractivity contribution >= 4 is 30.5 Å². The monoisotopic (exact) mass is 370 g/mol. The molecule has 26 heavy (non-hydrogen) atoms. The van der Waals surface area contributed by atoms with Gasteiger partial charge in [-0.1, -0.05) is 12.1 Å². The Labute approximate surface area is 164 Å². The minimum absolute atomic E-state index is 0.925. The summed E-state index contributed by atoms with van der Waals surface area (Å²) in [5, 5.41) is 0. The molecule has 0 atom stereocenters. The topological polar surface area (TPSA) is 10.4 Å². The van der Waals surface area contributed by atoms with Crippen LogP contribution in [0.3, 0.4) is 0 Å². The van der Waals surface area contributed by atoms with Crippen molar-refractivity contribution in [2.45, 2.75) is 19.4 Å². The maximum absolute atomic E-state index is 4.29. The molecule has 3 nitrogen and oxygen atoms in total. The number of rotatable bonds is 10. The van der Waals surface area contributed by atoms with E-state index in [1.807, 2.05) is 0 Å². The summed E-state index contributed by atoms with van der Waals surface area (Å²) in [6.45, 7) is 3.24. The van der Waals surface area contributed by atoms with Crippen LogP contribution in [-0.2, 0) is 6.54 Å². The lowest BCUT2D eigenvalue weighted by Gasteiger charge is -2.14. The Morgan fingerprint density at radius 3 is 2.38 bits per heavy atom. The third kappa shape index (κ3) is 6.85. The minimum atomic E-state index is 0.925. The van der Waals surface area contributed by atoms with Crippen LogP contribution in [0.4, 0.5) is 5.69 Å². The number of aromatic nitrogens is 1. The van der Waals surface area contributed by atoms with E-state index in [-0.39, 0.29) is 0 Å². The van der Waals surface area contributed by atoms with Gasteiger partial charge in [0.15, 0.2) is 6.20 Å². The first-order chi connectivity index (χ1) is 12.6. The van der Waals surface area contributed by atoms with E-state index in [0.29, 0.717) is 0 Å². The molecule has 1 aromatic carbocycles. The van der Waals surface area contributed by atoms with Crippen molar-refractivity contribution < 1.29 is 4.57 Å². The summed E-state index contributed by atoms with van der Waals surface area (Å²) < 4.78 is 2.34. The summed E-state index contributed by atoms with van der Waals surface area (Å²) in [5.41, 5.74) is 3.69. The maximum Gasteiger partial charge on any atom is 0.205 e. The van der Waals surface area contributed by atoms with Gasteiger partial charge in [-0.2, -0.15) is 17.2 Å². The second kappa shape index (κ2) is 11.0. The number of aryl methyl sites for hydroxylation is 1. The molecule has 0 aliphatic rings. The molecule has 2 rings (SSSR count). The first-order valence-corrected chi connectivity index (χ1v) is 9.97. The van der Waals surface area contributed by atoms with Crippen molar-refractivity contribution in [1.82, 2.24) is 4.90 Å². The summed E-state index contributed by atoms with van der Waals surface area (Å²) in [5.74, 6) is 0.925. The molecule has 1 aromatic heterocycles. The summed E-state index contributed by atoms with van der Waals surface area (Å²) in [4.78, 5) is 4.47. The van der Waals surface area contributed by atoms with Crippen molar-refractivity contribution in [2.24, 2.45) is 0 Å². The predicted octanol–water partition coefficient (Wildman–Crippen LogP) is 3.85. The Morgan fingerprint density at radius 2 is 1.69 bits per heavy atom. The fourth-order valence-corrected chi connectivity index (χ4v) is 3.20. The van der Waals surface area contributed by atoms with Gasteiger partial charge in [0.1, 0.15) is 6.54 Å². The normalized spacial score (nSPS) is 11.4. The number of anilines is 1. The van der Waals surface area contributed by atoms with Crippen molar-refractivity contribution in [3.8, 4) is 0 Å². The lowest BCUT2D eigenvalue weighted by Crippen LogP contribution is -2.36. The zero-order valence-corrected chi connectivity index (χ0v) is 17.2. The molecule has 0 amide bonds. The molecule has 0 N–H and O–H groups in total. The van der Waals surface area contributed by atoms with Gasteiger partial charge >= 0.3 is 0 Å². The van der Waals surface area contributed by atoms with Crippen LogP contribution in [0.5, 0.6) is 0 Å². The Morgan fingerprint density at radius 1 is 0.923 bits per heavy atom. The van der Waals surface area contributed by atoms with Gasteiger partial charge in [-0.15, -0.1) is 0 Å². The van der Waals surface area contributed by atoms with Crippen molar-refractivity contribution in [3.05, 3.63) is 59.9 Å². The van der Waals surface area contributed by atoms with Gasteiger partial charge in [0.2, 0.25) is 5.69 Å². The van der Waals surface area contributed by atoms with E-state index in [0.717, 1.165) is 25.4 Å². The molecule has 0 aliphatic carbocycles. The number of thiol groups is 1. The number of nitrogens with zero attached hydrogens (tertiary/aromatic N) is 3. The lowest BCUT2D eigenvalue weighted by atomic mass is 10.1. The third-order valence-corrected chi connectivity index (χ3v) is 4.70. The first kappa shape index (κ1) is 20.5. The van der Waals surface area contributed by atoms with E-state index in [4.69, 9.17) is 0 Å². The van der Waals surface area contributed by atoms with Gasteiger partial charge < -0.3 is 9.80 Å². The average molecular weight is 371 g/mol. The van der Waals surface area contributed by atoms with Crippen LogP contribution in [0.2, 0.25) is 0 Å². The van der Waals surface area contributed by atoms with Crippen molar-refractivity contribution in [3.63, 3.8) is 0 Å². The van der Waals surface area contributed by atoms with E-state index < -0.39 is 0 Å². The van der Waals surface area contributed by atoms with Crippen molar-refractivity contribution in [1.29, 1.82) is 0 Å². The van der Waals surface area contributed by atoms with E-state index >= 15 is 0 Å². The van der Waals surface area contributed by atoms with E-state index in [1.165, 1.54) is 29.8 Å². The SMILES string of the molecule is CN(CCS)CCCC[n+]1ccccc1C=Cc1ccc(N(C)C)cc1. The fourth-order valence-electron chi connectivity index (χ4n) is 2.86. The van der Waals surface area contributed by atoms with Crippen LogP contribution in [0.25, 0.3) is 12.2 Å². The van der Waals surface area contributed by atoms with Crippen LogP contribution in [0, 0.1) is 0 Å². The van der Waals surface area contributed by atoms with E-state index in [2.05, 4.69) is 109 Å². The third-order valence-electron chi connectivity index (χ3n) is 4.50. The largest absolute Gasteiger partial charge is 0.378 e. The van der Waals surface area contributed by atoms with E-state index in [1.54, 1.807) is 0 Å². The molecule has 0 saturated heterocycles. The Hall–Kier alpha value is -1.78. The quantitative estimate of drug-likeness (QED) is 0.387. The van der Waals surface area contributed by atoms with Crippen LogP contribution in [-0.4, -0.2) is 44.9 Å². The summed E-state index contributed by atoms with van der Waals surface area (Å²) in [7, 11) is 6.30. The number of benzene rings is 1. The number of hydrogen-bond donors (Lipinski definition) is 1. The standard InChI is InChI=1S/C22H31N3S/c1-23(2)21-12-9-20(10-13-21)11-14-22-8-4-5-16-25(22)17-7-6-15-24(3)18-19-26/h4-5,8-14,16H,6-7,15,17-19H2,1-3H3/p+1. The summed E-state index contributed by atoms with van der Waals surface area (Å²) in [6, 6.07) is 15.0. The molecule has 1 heterocycles. The summed E-state index contributed by atoms with van der Waals surface area (Å²) in [6.07, 6.45) is 8.96. The highest BCUT2D eigenvalue weighted by Gasteiger charge is 2.06. The number of hydrogen-bond acceptors (Lipinski definition) is 3. The molecular formula is C22H32N3S+. The number of unbranched alkanes of at least 4 members (excludes halogenated alkanes) is 1. The molecule has 0 radical (unpaired) electrons. The van der Waals surface area contributed by atoms with Crippen LogP contribution in [0.15, 0.2) is 48.7 Å². The Bertz CT molecular complexity index is 680. The molecule has 140 valence electrons. The molecular weight excluding hydrogens is 338 g/mol. The fraction of sp³-hybridized carbons (Fsp3) is 0.409. The highest BCUT2D eigenvalue weighted by atomic mass is 32.1. The molecule has 4 heteroatoms. The molecule has 0 saturated carbocycles. The van der Waals surface area contributed by atoms with Crippen LogP contribution >= 0.6 is 12.6 Å². The molecule has 0 bridgehead atoms. The lowest BCUT2D eigenvalue weighted by molar-refractivity contribution is -0.699. The van der Waals surface area contributed by atoms with Gasteiger partial charge in [-0.05, 0) is 49.9 Å². The first-order valence-electron chi connectivity index (χ1n) is 9.33. The molecule has 0 fully saturated rings. The molecule has 0 aliphatic heterocycles. The van der Waals surface area contributed by atoms with Crippen LogP contribution in [0.1, 0.15) is 24.1 Å². The second-order valence-corrected chi connectivity index (χ2v) is 7.32. The van der Waals surface area contributed by atoms with Gasteiger partial charge in [-0.3, -0.25) is 0 Å². The van der Waals surface area contributed by atoms with Gasteiger partial charge in [0.05, 0.1) is 0 Å². The van der Waals surface area contributed by atoms with Gasteiger partial charge in [-0.25, -0.2) is 0 Å². The zero-order chi connectivity index (χ0) is 18.8. The highest BCUT2D eigenvalue weighted by Crippen LogP contribution is 2.14.